The van der Waals surface area contributed by atoms with Gasteiger partial charge in [0.2, 0.25) is 0 Å². The Morgan fingerprint density at radius 3 is 2.71 bits per heavy atom. The number of nitrogens with zero attached hydrogens (tertiary/aromatic N) is 1. The molecule has 2 aromatic rings. The highest BCUT2D eigenvalue weighted by atomic mass is 19.1. The Labute approximate surface area is 125 Å². The topological polar surface area (TPSA) is 26.2 Å². The molecular formula is C17H23FN2O. The number of nitrogens with one attached hydrogen (secondary N) is 1. The Hall–Kier alpha value is -1.81. The number of aromatic nitrogens is 1. The summed E-state index contributed by atoms with van der Waals surface area (Å²) >= 11 is 0. The van der Waals surface area contributed by atoms with Crippen LogP contribution in [0.15, 0.2) is 36.7 Å². The van der Waals surface area contributed by atoms with Gasteiger partial charge in [-0.15, -0.1) is 0 Å². The molecule has 0 saturated carbocycles. The average molecular weight is 290 g/mol. The SMILES string of the molecule is CCNC(CC)c1ccn(Cc2ccc(OC)cc2F)c1. The fourth-order valence-electron chi connectivity index (χ4n) is 2.49. The van der Waals surface area contributed by atoms with Crippen molar-refractivity contribution in [3.63, 3.8) is 0 Å². The van der Waals surface area contributed by atoms with Gasteiger partial charge in [0.05, 0.1) is 7.11 Å². The van der Waals surface area contributed by atoms with Crippen LogP contribution in [0.5, 0.6) is 5.75 Å². The van der Waals surface area contributed by atoms with Crippen LogP contribution in [-0.4, -0.2) is 18.2 Å². The minimum Gasteiger partial charge on any atom is -0.497 e. The first-order valence-corrected chi connectivity index (χ1v) is 7.39. The minimum absolute atomic E-state index is 0.233. The number of hydrogen-bond donors (Lipinski definition) is 1. The second kappa shape index (κ2) is 7.27. The molecule has 0 aliphatic carbocycles. The molecule has 0 saturated heterocycles. The minimum atomic E-state index is -0.233. The number of ether oxygens (including phenoxy) is 1. The van der Waals surface area contributed by atoms with E-state index in [0.717, 1.165) is 13.0 Å². The van der Waals surface area contributed by atoms with Gasteiger partial charge in [-0.05, 0) is 30.7 Å². The van der Waals surface area contributed by atoms with Crippen molar-refractivity contribution < 1.29 is 9.13 Å². The summed E-state index contributed by atoms with van der Waals surface area (Å²) in [5.41, 5.74) is 1.91. The molecule has 1 aromatic heterocycles. The summed E-state index contributed by atoms with van der Waals surface area (Å²) in [6.07, 6.45) is 5.12. The molecule has 21 heavy (non-hydrogen) atoms. The fraction of sp³-hybridized carbons (Fsp3) is 0.412. The van der Waals surface area contributed by atoms with Gasteiger partial charge in [-0.2, -0.15) is 0 Å². The number of rotatable bonds is 7. The van der Waals surface area contributed by atoms with Crippen LogP contribution in [-0.2, 0) is 6.54 Å². The summed E-state index contributed by atoms with van der Waals surface area (Å²) in [5.74, 6) is 0.311. The molecule has 0 bridgehead atoms. The van der Waals surface area contributed by atoms with Crippen molar-refractivity contribution in [2.45, 2.75) is 32.9 Å². The lowest BCUT2D eigenvalue weighted by atomic mass is 10.1. The molecule has 0 aliphatic heterocycles. The van der Waals surface area contributed by atoms with Crippen LogP contribution in [0.3, 0.4) is 0 Å². The largest absolute Gasteiger partial charge is 0.497 e. The lowest BCUT2D eigenvalue weighted by molar-refractivity contribution is 0.410. The van der Waals surface area contributed by atoms with Crippen LogP contribution in [0, 0.1) is 5.82 Å². The molecule has 0 fully saturated rings. The lowest BCUT2D eigenvalue weighted by Gasteiger charge is -2.14. The van der Waals surface area contributed by atoms with Crippen LogP contribution in [0.1, 0.15) is 37.4 Å². The lowest BCUT2D eigenvalue weighted by Crippen LogP contribution is -2.19. The summed E-state index contributed by atoms with van der Waals surface area (Å²) in [5, 5.41) is 3.45. The van der Waals surface area contributed by atoms with Gasteiger partial charge in [0.15, 0.2) is 0 Å². The van der Waals surface area contributed by atoms with E-state index < -0.39 is 0 Å². The molecule has 4 heteroatoms. The summed E-state index contributed by atoms with van der Waals surface area (Å²) in [6.45, 7) is 5.73. The van der Waals surface area contributed by atoms with E-state index in [0.29, 0.717) is 23.9 Å². The third-order valence-corrected chi connectivity index (χ3v) is 3.65. The van der Waals surface area contributed by atoms with E-state index >= 15 is 0 Å². The quantitative estimate of drug-likeness (QED) is 0.840. The number of halogens is 1. The number of methoxy groups -OCH3 is 1. The van der Waals surface area contributed by atoms with E-state index in [2.05, 4.69) is 31.4 Å². The monoisotopic (exact) mass is 290 g/mol. The van der Waals surface area contributed by atoms with Crippen molar-refractivity contribution in [3.8, 4) is 5.75 Å². The van der Waals surface area contributed by atoms with E-state index in [-0.39, 0.29) is 5.82 Å². The summed E-state index contributed by atoms with van der Waals surface area (Å²) < 4.78 is 21.0. The summed E-state index contributed by atoms with van der Waals surface area (Å²) in [6, 6.07) is 7.44. The molecule has 1 heterocycles. The van der Waals surface area contributed by atoms with E-state index in [4.69, 9.17) is 4.74 Å². The molecule has 0 radical (unpaired) electrons. The molecule has 1 unspecified atom stereocenters. The Kier molecular flexibility index (Phi) is 5.39. The zero-order valence-electron chi connectivity index (χ0n) is 12.9. The normalized spacial score (nSPS) is 12.4. The molecule has 2 rings (SSSR count). The zero-order chi connectivity index (χ0) is 15.2. The molecule has 0 spiro atoms. The van der Waals surface area contributed by atoms with Gasteiger partial charge < -0.3 is 14.6 Å². The van der Waals surface area contributed by atoms with Gasteiger partial charge >= 0.3 is 0 Å². The third kappa shape index (κ3) is 3.85. The molecule has 114 valence electrons. The molecule has 1 N–H and O–H groups in total. The smallest absolute Gasteiger partial charge is 0.131 e. The highest BCUT2D eigenvalue weighted by Crippen LogP contribution is 2.20. The van der Waals surface area contributed by atoms with Gasteiger partial charge in [-0.25, -0.2) is 4.39 Å². The predicted octanol–water partition coefficient (Wildman–Crippen LogP) is 3.74. The van der Waals surface area contributed by atoms with Gasteiger partial charge in [0.1, 0.15) is 11.6 Å². The maximum Gasteiger partial charge on any atom is 0.131 e. The Bertz CT molecular complexity index is 580. The van der Waals surface area contributed by atoms with Crippen LogP contribution in [0.2, 0.25) is 0 Å². The maximum atomic E-state index is 14.0. The van der Waals surface area contributed by atoms with Gasteiger partial charge in [0.25, 0.3) is 0 Å². The fourth-order valence-corrected chi connectivity index (χ4v) is 2.49. The first-order chi connectivity index (χ1) is 10.2. The number of benzene rings is 1. The van der Waals surface area contributed by atoms with E-state index in [1.807, 2.05) is 10.8 Å². The van der Waals surface area contributed by atoms with E-state index in [9.17, 15) is 4.39 Å². The first kappa shape index (κ1) is 15.6. The van der Waals surface area contributed by atoms with Crippen LogP contribution >= 0.6 is 0 Å². The van der Waals surface area contributed by atoms with E-state index in [1.165, 1.54) is 18.7 Å². The highest BCUT2D eigenvalue weighted by molar-refractivity contribution is 5.29. The van der Waals surface area contributed by atoms with Crippen LogP contribution < -0.4 is 10.1 Å². The maximum absolute atomic E-state index is 14.0. The van der Waals surface area contributed by atoms with Crippen LogP contribution in [0.25, 0.3) is 0 Å². The molecule has 3 nitrogen and oxygen atoms in total. The summed E-state index contributed by atoms with van der Waals surface area (Å²) in [7, 11) is 1.54. The predicted molar refractivity (Wildman–Crippen MR) is 83.2 cm³/mol. The van der Waals surface area contributed by atoms with Crippen molar-refractivity contribution in [2.24, 2.45) is 0 Å². The zero-order valence-corrected chi connectivity index (χ0v) is 12.9. The average Bonchev–Trinajstić information content (AvgIpc) is 2.95. The van der Waals surface area contributed by atoms with Crippen molar-refractivity contribution in [1.29, 1.82) is 0 Å². The first-order valence-electron chi connectivity index (χ1n) is 7.39. The second-order valence-electron chi connectivity index (χ2n) is 5.09. The Morgan fingerprint density at radius 1 is 1.29 bits per heavy atom. The molecule has 0 amide bonds. The van der Waals surface area contributed by atoms with Gasteiger partial charge in [0, 0.05) is 36.6 Å². The molecule has 1 aromatic carbocycles. The van der Waals surface area contributed by atoms with E-state index in [1.54, 1.807) is 12.1 Å². The van der Waals surface area contributed by atoms with Crippen molar-refractivity contribution in [1.82, 2.24) is 9.88 Å². The molecular weight excluding hydrogens is 267 g/mol. The van der Waals surface area contributed by atoms with Crippen molar-refractivity contribution >= 4 is 0 Å². The number of hydrogen-bond acceptors (Lipinski definition) is 2. The molecule has 1 atom stereocenters. The van der Waals surface area contributed by atoms with Crippen molar-refractivity contribution in [3.05, 3.63) is 53.6 Å². The second-order valence-corrected chi connectivity index (χ2v) is 5.09. The van der Waals surface area contributed by atoms with Crippen molar-refractivity contribution in [2.75, 3.05) is 13.7 Å². The Morgan fingerprint density at radius 2 is 2.10 bits per heavy atom. The van der Waals surface area contributed by atoms with Gasteiger partial charge in [-0.1, -0.05) is 19.9 Å². The molecule has 0 aliphatic rings. The Balaban J connectivity index is 2.12. The van der Waals surface area contributed by atoms with Gasteiger partial charge in [-0.3, -0.25) is 0 Å². The van der Waals surface area contributed by atoms with Crippen LogP contribution in [0.4, 0.5) is 4.39 Å². The third-order valence-electron chi connectivity index (χ3n) is 3.65. The standard InChI is InChI=1S/C17H23FN2O/c1-4-17(19-5-2)14-8-9-20(12-14)11-13-6-7-15(21-3)10-16(13)18/h6-10,12,17,19H,4-5,11H2,1-3H3. The highest BCUT2D eigenvalue weighted by Gasteiger charge is 2.10. The summed E-state index contributed by atoms with van der Waals surface area (Å²) in [4.78, 5) is 0.